The molecule has 3 rings (SSSR count). The molecule has 0 aliphatic carbocycles. The van der Waals surface area contributed by atoms with Gasteiger partial charge in [-0.05, 0) is 55.7 Å². The van der Waals surface area contributed by atoms with Crippen LogP contribution in [0.5, 0.6) is 5.75 Å². The largest absolute Gasteiger partial charge is 0.484 e. The summed E-state index contributed by atoms with van der Waals surface area (Å²) >= 11 is 1.83. The van der Waals surface area contributed by atoms with Gasteiger partial charge in [-0.3, -0.25) is 4.79 Å². The maximum atomic E-state index is 12.3. The zero-order chi connectivity index (χ0) is 16.1. The van der Waals surface area contributed by atoms with Crippen LogP contribution >= 0.6 is 11.3 Å². The molecular weight excluding hydrogens is 306 g/mol. The predicted octanol–water partition coefficient (Wildman–Crippen LogP) is 3.92. The average Bonchev–Trinajstić information content (AvgIpc) is 3.08. The topological polar surface area (TPSA) is 29.5 Å². The molecule has 0 radical (unpaired) electrons. The first kappa shape index (κ1) is 16.1. The third-order valence-corrected chi connectivity index (χ3v) is 5.32. The Hall–Kier alpha value is -1.81. The molecule has 0 spiro atoms. The number of carbonyl (C=O) groups excluding carboxylic acids is 1. The van der Waals surface area contributed by atoms with Crippen LogP contribution in [-0.2, 0) is 11.2 Å². The Morgan fingerprint density at radius 2 is 1.96 bits per heavy atom. The standard InChI is InChI=1S/C19H23NO2S/c1-15-4-6-17(7-5-15)22-14-19(21)20-10-8-16(9-11-20)13-18-3-2-12-23-18/h2-7,12,16H,8-11,13-14H2,1H3. The highest BCUT2D eigenvalue weighted by atomic mass is 32.1. The molecular formula is C19H23NO2S. The van der Waals surface area contributed by atoms with Gasteiger partial charge in [-0.15, -0.1) is 11.3 Å². The highest BCUT2D eigenvalue weighted by Crippen LogP contribution is 2.24. The monoisotopic (exact) mass is 329 g/mol. The first-order valence-electron chi connectivity index (χ1n) is 8.20. The number of benzene rings is 1. The van der Waals surface area contributed by atoms with Crippen molar-refractivity contribution in [3.63, 3.8) is 0 Å². The lowest BCUT2D eigenvalue weighted by Crippen LogP contribution is -2.41. The lowest BCUT2D eigenvalue weighted by atomic mass is 9.93. The number of likely N-dealkylation sites (tertiary alicyclic amines) is 1. The third-order valence-electron chi connectivity index (χ3n) is 4.42. The van der Waals surface area contributed by atoms with Crippen LogP contribution < -0.4 is 4.74 Å². The van der Waals surface area contributed by atoms with Crippen molar-refractivity contribution >= 4 is 17.2 Å². The van der Waals surface area contributed by atoms with Crippen molar-refractivity contribution in [2.45, 2.75) is 26.2 Å². The molecule has 1 amide bonds. The van der Waals surface area contributed by atoms with E-state index >= 15 is 0 Å². The van der Waals surface area contributed by atoms with Gasteiger partial charge in [0.2, 0.25) is 0 Å². The Morgan fingerprint density at radius 1 is 1.22 bits per heavy atom. The second-order valence-corrected chi connectivity index (χ2v) is 7.24. The summed E-state index contributed by atoms with van der Waals surface area (Å²) in [5, 5.41) is 2.14. The van der Waals surface area contributed by atoms with Crippen molar-refractivity contribution < 1.29 is 9.53 Å². The van der Waals surface area contributed by atoms with E-state index in [1.54, 1.807) is 0 Å². The number of piperidine rings is 1. The first-order chi connectivity index (χ1) is 11.2. The van der Waals surface area contributed by atoms with E-state index < -0.39 is 0 Å². The SMILES string of the molecule is Cc1ccc(OCC(=O)N2CCC(Cc3cccs3)CC2)cc1. The van der Waals surface area contributed by atoms with Crippen molar-refractivity contribution in [1.82, 2.24) is 4.90 Å². The maximum Gasteiger partial charge on any atom is 0.260 e. The summed E-state index contributed by atoms with van der Waals surface area (Å²) in [5.41, 5.74) is 1.19. The van der Waals surface area contributed by atoms with Gasteiger partial charge in [-0.1, -0.05) is 23.8 Å². The third kappa shape index (κ3) is 4.58. The molecule has 122 valence electrons. The van der Waals surface area contributed by atoms with Crippen LogP contribution in [0.3, 0.4) is 0 Å². The van der Waals surface area contributed by atoms with E-state index in [1.165, 1.54) is 10.4 Å². The summed E-state index contributed by atoms with van der Waals surface area (Å²) in [7, 11) is 0. The molecule has 0 N–H and O–H groups in total. The van der Waals surface area contributed by atoms with Crippen LogP contribution in [0, 0.1) is 12.8 Å². The molecule has 23 heavy (non-hydrogen) atoms. The van der Waals surface area contributed by atoms with Gasteiger partial charge in [-0.25, -0.2) is 0 Å². The Balaban J connectivity index is 1.42. The Bertz CT molecular complexity index is 613. The van der Waals surface area contributed by atoms with E-state index in [4.69, 9.17) is 4.74 Å². The fourth-order valence-electron chi connectivity index (χ4n) is 2.97. The highest BCUT2D eigenvalue weighted by Gasteiger charge is 2.23. The maximum absolute atomic E-state index is 12.3. The average molecular weight is 329 g/mol. The molecule has 1 aliphatic rings. The van der Waals surface area contributed by atoms with Gasteiger partial charge in [0.15, 0.2) is 6.61 Å². The second-order valence-electron chi connectivity index (χ2n) is 6.21. The summed E-state index contributed by atoms with van der Waals surface area (Å²) in [4.78, 5) is 15.7. The molecule has 4 heteroatoms. The summed E-state index contributed by atoms with van der Waals surface area (Å²) in [5.74, 6) is 1.56. The normalized spacial score (nSPS) is 15.6. The zero-order valence-corrected chi connectivity index (χ0v) is 14.3. The van der Waals surface area contributed by atoms with Crippen LogP contribution in [0.4, 0.5) is 0 Å². The van der Waals surface area contributed by atoms with Crippen LogP contribution in [0.1, 0.15) is 23.3 Å². The van der Waals surface area contributed by atoms with Gasteiger partial charge in [0, 0.05) is 18.0 Å². The number of nitrogens with zero attached hydrogens (tertiary/aromatic N) is 1. The lowest BCUT2D eigenvalue weighted by Gasteiger charge is -2.31. The van der Waals surface area contributed by atoms with E-state index in [0.717, 1.165) is 38.1 Å². The number of ether oxygens (including phenoxy) is 1. The number of thiophene rings is 1. The molecule has 1 aromatic carbocycles. The summed E-state index contributed by atoms with van der Waals surface area (Å²) < 4.78 is 5.60. The lowest BCUT2D eigenvalue weighted by molar-refractivity contribution is -0.134. The highest BCUT2D eigenvalue weighted by molar-refractivity contribution is 7.09. The van der Waals surface area contributed by atoms with E-state index in [2.05, 4.69) is 17.5 Å². The quantitative estimate of drug-likeness (QED) is 0.832. The first-order valence-corrected chi connectivity index (χ1v) is 9.08. The smallest absolute Gasteiger partial charge is 0.260 e. The predicted molar refractivity (Wildman–Crippen MR) is 94.0 cm³/mol. The van der Waals surface area contributed by atoms with Gasteiger partial charge in [-0.2, -0.15) is 0 Å². The summed E-state index contributed by atoms with van der Waals surface area (Å²) in [6, 6.07) is 12.1. The minimum atomic E-state index is 0.0974. The van der Waals surface area contributed by atoms with Crippen molar-refractivity contribution in [2.24, 2.45) is 5.92 Å². The molecule has 3 nitrogen and oxygen atoms in total. The second kappa shape index (κ2) is 7.64. The van der Waals surface area contributed by atoms with Gasteiger partial charge in [0.1, 0.15) is 5.75 Å². The molecule has 0 atom stereocenters. The molecule has 1 fully saturated rings. The zero-order valence-electron chi connectivity index (χ0n) is 13.5. The number of hydrogen-bond donors (Lipinski definition) is 0. The van der Waals surface area contributed by atoms with Crippen molar-refractivity contribution in [3.05, 3.63) is 52.2 Å². The van der Waals surface area contributed by atoms with Gasteiger partial charge in [0.05, 0.1) is 0 Å². The van der Waals surface area contributed by atoms with Gasteiger partial charge in [0.25, 0.3) is 5.91 Å². The van der Waals surface area contributed by atoms with Crippen LogP contribution in [0.25, 0.3) is 0 Å². The fraction of sp³-hybridized carbons (Fsp3) is 0.421. The number of amides is 1. The van der Waals surface area contributed by atoms with Crippen LogP contribution in [-0.4, -0.2) is 30.5 Å². The van der Waals surface area contributed by atoms with Crippen molar-refractivity contribution in [1.29, 1.82) is 0 Å². The Morgan fingerprint density at radius 3 is 2.61 bits per heavy atom. The molecule has 1 aliphatic heterocycles. The molecule has 0 bridgehead atoms. The van der Waals surface area contributed by atoms with Gasteiger partial charge >= 0.3 is 0 Å². The molecule has 0 unspecified atom stereocenters. The minimum absolute atomic E-state index is 0.0974. The summed E-state index contributed by atoms with van der Waals surface area (Å²) in [6.07, 6.45) is 3.34. The van der Waals surface area contributed by atoms with E-state index in [0.29, 0.717) is 5.92 Å². The Labute approximate surface area is 141 Å². The number of hydrogen-bond acceptors (Lipinski definition) is 3. The van der Waals surface area contributed by atoms with Crippen molar-refractivity contribution in [2.75, 3.05) is 19.7 Å². The summed E-state index contributed by atoms with van der Waals surface area (Å²) in [6.45, 7) is 3.88. The molecule has 2 heterocycles. The molecule has 2 aromatic rings. The molecule has 1 saturated heterocycles. The van der Waals surface area contributed by atoms with E-state index in [9.17, 15) is 4.79 Å². The fourth-order valence-corrected chi connectivity index (χ4v) is 3.79. The number of carbonyl (C=O) groups is 1. The Kier molecular flexibility index (Phi) is 5.34. The van der Waals surface area contributed by atoms with E-state index in [1.807, 2.05) is 47.4 Å². The van der Waals surface area contributed by atoms with Gasteiger partial charge < -0.3 is 9.64 Å². The molecule has 1 aromatic heterocycles. The van der Waals surface area contributed by atoms with Crippen LogP contribution in [0.2, 0.25) is 0 Å². The minimum Gasteiger partial charge on any atom is -0.484 e. The van der Waals surface area contributed by atoms with Crippen LogP contribution in [0.15, 0.2) is 41.8 Å². The van der Waals surface area contributed by atoms with Crippen molar-refractivity contribution in [3.8, 4) is 5.75 Å². The van der Waals surface area contributed by atoms with E-state index in [-0.39, 0.29) is 12.5 Å². The number of rotatable bonds is 5. The number of aryl methyl sites for hydroxylation is 1. The molecule has 0 saturated carbocycles.